The van der Waals surface area contributed by atoms with E-state index in [0.717, 1.165) is 30.5 Å². The molecule has 198 valence electrons. The standard InChI is InChI=1S/C29H28Br2N2O5/c1-28(2,3)37-26(34)32-21-10-8-15(30)12-17(21)19-14-20-18-13-16(31)9-11-22(18)33(27(35)38-29(4,5)6)24(20)25(36-7)23(19)32/h8-14H,1-7H3. The Bertz CT molecular complexity index is 1660. The Labute approximate surface area is 236 Å². The summed E-state index contributed by atoms with van der Waals surface area (Å²) in [5.41, 5.74) is 0.910. The van der Waals surface area contributed by atoms with Crippen molar-refractivity contribution in [3.05, 3.63) is 51.4 Å². The third-order valence-corrected chi connectivity index (χ3v) is 7.00. The van der Waals surface area contributed by atoms with E-state index in [1.54, 1.807) is 0 Å². The molecule has 0 aliphatic rings. The molecule has 2 heterocycles. The lowest BCUT2D eigenvalue weighted by Crippen LogP contribution is -2.27. The van der Waals surface area contributed by atoms with Crippen LogP contribution in [-0.2, 0) is 9.47 Å². The van der Waals surface area contributed by atoms with Crippen LogP contribution in [0.25, 0.3) is 43.6 Å². The normalized spacial score (nSPS) is 12.6. The Kier molecular flexibility index (Phi) is 6.30. The molecule has 0 spiro atoms. The van der Waals surface area contributed by atoms with Gasteiger partial charge in [-0.05, 0) is 84.0 Å². The van der Waals surface area contributed by atoms with Crippen LogP contribution in [-0.4, -0.2) is 39.6 Å². The smallest absolute Gasteiger partial charge is 0.419 e. The zero-order valence-electron chi connectivity index (χ0n) is 22.2. The molecule has 0 saturated carbocycles. The SMILES string of the molecule is COc1c2c(cc3c4cc(Br)ccc4n(C(=O)OC(C)(C)C)c13)c1cc(Br)ccc1n2C(=O)OC(C)(C)C. The molecule has 3 aromatic carbocycles. The van der Waals surface area contributed by atoms with E-state index in [9.17, 15) is 9.59 Å². The van der Waals surface area contributed by atoms with Gasteiger partial charge in [0.25, 0.3) is 0 Å². The van der Waals surface area contributed by atoms with Crippen molar-refractivity contribution in [2.45, 2.75) is 52.7 Å². The number of benzene rings is 3. The van der Waals surface area contributed by atoms with E-state index in [-0.39, 0.29) is 0 Å². The number of carbonyl (C=O) groups excluding carboxylic acids is 2. The minimum absolute atomic E-state index is 0.369. The monoisotopic (exact) mass is 642 g/mol. The molecular formula is C29H28Br2N2O5. The zero-order chi connectivity index (χ0) is 27.7. The van der Waals surface area contributed by atoms with Crippen molar-refractivity contribution in [3.8, 4) is 5.75 Å². The second-order valence-corrected chi connectivity index (χ2v) is 13.0. The van der Waals surface area contributed by atoms with Crippen molar-refractivity contribution in [2.24, 2.45) is 0 Å². The van der Waals surface area contributed by atoms with E-state index in [0.29, 0.717) is 27.8 Å². The van der Waals surface area contributed by atoms with Crippen LogP contribution in [0.3, 0.4) is 0 Å². The van der Waals surface area contributed by atoms with Gasteiger partial charge < -0.3 is 14.2 Å². The van der Waals surface area contributed by atoms with Crippen LogP contribution in [0.5, 0.6) is 5.75 Å². The number of carbonyl (C=O) groups is 2. The number of methoxy groups -OCH3 is 1. The molecule has 0 aliphatic heterocycles. The van der Waals surface area contributed by atoms with Gasteiger partial charge in [-0.3, -0.25) is 0 Å². The summed E-state index contributed by atoms with van der Waals surface area (Å²) in [5.74, 6) is 0.369. The Balaban J connectivity index is 2.01. The molecule has 0 radical (unpaired) electrons. The summed E-state index contributed by atoms with van der Waals surface area (Å²) in [4.78, 5) is 27.3. The highest BCUT2D eigenvalue weighted by atomic mass is 79.9. The molecule has 0 amide bonds. The molecule has 0 N–H and O–H groups in total. The van der Waals surface area contributed by atoms with Gasteiger partial charge in [0.05, 0.1) is 18.1 Å². The molecule has 0 bridgehead atoms. The average Bonchev–Trinajstić information content (AvgIpc) is 3.27. The molecule has 0 aliphatic carbocycles. The molecular weight excluding hydrogens is 616 g/mol. The van der Waals surface area contributed by atoms with Gasteiger partial charge in [-0.1, -0.05) is 31.9 Å². The molecule has 7 nitrogen and oxygen atoms in total. The second kappa shape index (κ2) is 9.02. The maximum Gasteiger partial charge on any atom is 0.419 e. The van der Waals surface area contributed by atoms with E-state index in [1.165, 1.54) is 16.2 Å². The molecule has 5 aromatic rings. The first-order valence-electron chi connectivity index (χ1n) is 12.1. The summed E-state index contributed by atoms with van der Waals surface area (Å²) in [5, 5.41) is 3.27. The van der Waals surface area contributed by atoms with Gasteiger partial charge in [0, 0.05) is 30.5 Å². The third kappa shape index (κ3) is 4.45. The topological polar surface area (TPSA) is 71.7 Å². The third-order valence-electron chi connectivity index (χ3n) is 6.01. The van der Waals surface area contributed by atoms with Crippen LogP contribution >= 0.6 is 31.9 Å². The van der Waals surface area contributed by atoms with Gasteiger partial charge in [0.1, 0.15) is 22.2 Å². The van der Waals surface area contributed by atoms with Crippen LogP contribution in [0.2, 0.25) is 0 Å². The number of hydrogen-bond donors (Lipinski definition) is 0. The van der Waals surface area contributed by atoms with E-state index in [2.05, 4.69) is 31.9 Å². The molecule has 2 aromatic heterocycles. The lowest BCUT2D eigenvalue weighted by molar-refractivity contribution is 0.0541. The minimum Gasteiger partial charge on any atom is -0.492 e. The van der Waals surface area contributed by atoms with Crippen molar-refractivity contribution in [1.82, 2.24) is 9.13 Å². The van der Waals surface area contributed by atoms with Crippen LogP contribution in [0, 0.1) is 0 Å². The van der Waals surface area contributed by atoms with Crippen molar-refractivity contribution >= 4 is 87.7 Å². The van der Waals surface area contributed by atoms with Crippen LogP contribution in [0.4, 0.5) is 9.59 Å². The summed E-state index contributed by atoms with van der Waals surface area (Å²) in [6, 6.07) is 13.4. The van der Waals surface area contributed by atoms with Gasteiger partial charge in [-0.2, -0.15) is 0 Å². The molecule has 9 heteroatoms. The minimum atomic E-state index is -0.718. The van der Waals surface area contributed by atoms with Gasteiger partial charge in [-0.25, -0.2) is 18.7 Å². The lowest BCUT2D eigenvalue weighted by atomic mass is 10.1. The van der Waals surface area contributed by atoms with Gasteiger partial charge in [0.2, 0.25) is 0 Å². The first-order chi connectivity index (χ1) is 17.7. The Hall–Kier alpha value is -3.04. The van der Waals surface area contributed by atoms with E-state index in [4.69, 9.17) is 14.2 Å². The molecule has 38 heavy (non-hydrogen) atoms. The predicted octanol–water partition coefficient (Wildman–Crippen LogP) is 9.00. The fourth-order valence-electron chi connectivity index (χ4n) is 4.76. The van der Waals surface area contributed by atoms with E-state index in [1.807, 2.05) is 84.0 Å². The number of halogens is 2. The highest BCUT2D eigenvalue weighted by Gasteiger charge is 2.30. The van der Waals surface area contributed by atoms with Gasteiger partial charge in [0.15, 0.2) is 5.75 Å². The van der Waals surface area contributed by atoms with Crippen LogP contribution in [0.15, 0.2) is 51.4 Å². The van der Waals surface area contributed by atoms with Gasteiger partial charge >= 0.3 is 12.2 Å². The average molecular weight is 644 g/mol. The summed E-state index contributed by atoms with van der Waals surface area (Å²) in [6.45, 7) is 10.9. The summed E-state index contributed by atoms with van der Waals surface area (Å²) >= 11 is 7.14. The summed E-state index contributed by atoms with van der Waals surface area (Å²) in [7, 11) is 1.54. The molecule has 5 rings (SSSR count). The first-order valence-corrected chi connectivity index (χ1v) is 13.7. The van der Waals surface area contributed by atoms with Crippen LogP contribution in [0.1, 0.15) is 41.5 Å². The highest BCUT2D eigenvalue weighted by Crippen LogP contribution is 2.45. The number of hydrogen-bond acceptors (Lipinski definition) is 5. The Morgan fingerprint density at radius 2 is 1.05 bits per heavy atom. The number of nitrogens with zero attached hydrogens (tertiary/aromatic N) is 2. The Morgan fingerprint density at radius 1 is 0.658 bits per heavy atom. The maximum absolute atomic E-state index is 13.6. The Morgan fingerprint density at radius 3 is 1.39 bits per heavy atom. The van der Waals surface area contributed by atoms with Crippen LogP contribution < -0.4 is 4.74 Å². The molecule has 0 saturated heterocycles. The fourth-order valence-corrected chi connectivity index (χ4v) is 5.48. The fraction of sp³-hybridized carbons (Fsp3) is 0.310. The molecule has 0 atom stereocenters. The molecule has 0 fully saturated rings. The van der Waals surface area contributed by atoms with E-state index < -0.39 is 23.4 Å². The van der Waals surface area contributed by atoms with Crippen molar-refractivity contribution < 1.29 is 23.8 Å². The lowest BCUT2D eigenvalue weighted by Gasteiger charge is -2.21. The maximum atomic E-state index is 13.6. The quantitative estimate of drug-likeness (QED) is 0.182. The number of ether oxygens (including phenoxy) is 3. The second-order valence-electron chi connectivity index (χ2n) is 11.2. The van der Waals surface area contributed by atoms with Crippen molar-refractivity contribution in [1.29, 1.82) is 0 Å². The summed E-state index contributed by atoms with van der Waals surface area (Å²) in [6.07, 6.45) is -1.08. The number of aromatic nitrogens is 2. The van der Waals surface area contributed by atoms with Crippen molar-refractivity contribution in [2.75, 3.05) is 7.11 Å². The number of fused-ring (bicyclic) bond motifs is 6. The zero-order valence-corrected chi connectivity index (χ0v) is 25.4. The highest BCUT2D eigenvalue weighted by molar-refractivity contribution is 9.10. The first kappa shape index (κ1) is 26.6. The van der Waals surface area contributed by atoms with Gasteiger partial charge in [-0.15, -0.1) is 0 Å². The summed E-state index contributed by atoms with van der Waals surface area (Å²) < 4.78 is 22.4. The van der Waals surface area contributed by atoms with Crippen molar-refractivity contribution in [3.63, 3.8) is 0 Å². The number of rotatable bonds is 1. The van der Waals surface area contributed by atoms with E-state index >= 15 is 0 Å². The largest absolute Gasteiger partial charge is 0.492 e. The predicted molar refractivity (Wildman–Crippen MR) is 158 cm³/mol. The molecule has 0 unspecified atom stereocenters.